The van der Waals surface area contributed by atoms with Crippen molar-refractivity contribution in [1.29, 1.82) is 0 Å². The molecule has 1 N–H and O–H groups in total. The van der Waals surface area contributed by atoms with Crippen molar-refractivity contribution in [2.45, 2.75) is 38.8 Å². The third kappa shape index (κ3) is 3.09. The van der Waals surface area contributed by atoms with Crippen LogP contribution in [0.15, 0.2) is 24.3 Å². The minimum Gasteiger partial charge on any atom is -0.311 e. The number of hydrogen-bond acceptors (Lipinski definition) is 2. The van der Waals surface area contributed by atoms with Gasteiger partial charge in [0, 0.05) is 37.3 Å². The van der Waals surface area contributed by atoms with Crippen LogP contribution in [0.4, 0.5) is 4.39 Å². The Labute approximate surface area is 109 Å². The lowest BCUT2D eigenvalue weighted by molar-refractivity contribution is 0.146. The minimum absolute atomic E-state index is 0.0874. The van der Waals surface area contributed by atoms with Gasteiger partial charge in [-0.15, -0.1) is 0 Å². The molecule has 0 bridgehead atoms. The Balaban J connectivity index is 2.04. The number of rotatable bonds is 4. The monoisotopic (exact) mass is 250 g/mol. The largest absolute Gasteiger partial charge is 0.311 e. The second kappa shape index (κ2) is 6.30. The quantitative estimate of drug-likeness (QED) is 0.884. The van der Waals surface area contributed by atoms with E-state index in [2.05, 4.69) is 24.1 Å². The summed E-state index contributed by atoms with van der Waals surface area (Å²) in [5.41, 5.74) is 0.814. The molecule has 1 aliphatic heterocycles. The molecule has 100 valence electrons. The molecule has 1 fully saturated rings. The van der Waals surface area contributed by atoms with Crippen LogP contribution in [0.5, 0.6) is 0 Å². The molecule has 1 aromatic carbocycles. The molecule has 2 unspecified atom stereocenters. The van der Waals surface area contributed by atoms with Crippen LogP contribution in [-0.4, -0.2) is 30.6 Å². The lowest BCUT2D eigenvalue weighted by Gasteiger charge is -2.37. The SMILES string of the molecule is CCCC1CN(C(C)c2ccccc2F)CCN1. The molecule has 1 heterocycles. The third-order valence-electron chi connectivity index (χ3n) is 3.83. The van der Waals surface area contributed by atoms with Crippen LogP contribution >= 0.6 is 0 Å². The summed E-state index contributed by atoms with van der Waals surface area (Å²) in [5, 5.41) is 3.54. The second-order valence-electron chi connectivity index (χ2n) is 5.13. The second-order valence-corrected chi connectivity index (χ2v) is 5.13. The summed E-state index contributed by atoms with van der Waals surface area (Å²) in [6.07, 6.45) is 2.39. The Bertz CT molecular complexity index is 379. The van der Waals surface area contributed by atoms with Gasteiger partial charge in [-0.1, -0.05) is 31.5 Å². The first-order chi connectivity index (χ1) is 8.72. The van der Waals surface area contributed by atoms with Gasteiger partial charge < -0.3 is 5.32 Å². The van der Waals surface area contributed by atoms with E-state index in [1.54, 1.807) is 12.1 Å². The van der Waals surface area contributed by atoms with E-state index in [-0.39, 0.29) is 11.9 Å². The predicted molar refractivity (Wildman–Crippen MR) is 73.1 cm³/mol. The van der Waals surface area contributed by atoms with E-state index < -0.39 is 0 Å². The Kier molecular flexibility index (Phi) is 4.72. The summed E-state index contributed by atoms with van der Waals surface area (Å²) >= 11 is 0. The van der Waals surface area contributed by atoms with Gasteiger partial charge in [0.1, 0.15) is 5.82 Å². The first kappa shape index (κ1) is 13.5. The van der Waals surface area contributed by atoms with Crippen molar-refractivity contribution in [3.05, 3.63) is 35.6 Å². The highest BCUT2D eigenvalue weighted by atomic mass is 19.1. The van der Waals surface area contributed by atoms with Crippen molar-refractivity contribution in [3.8, 4) is 0 Å². The van der Waals surface area contributed by atoms with Gasteiger partial charge in [-0.3, -0.25) is 4.90 Å². The van der Waals surface area contributed by atoms with Crippen LogP contribution in [0.25, 0.3) is 0 Å². The van der Waals surface area contributed by atoms with Gasteiger partial charge in [0.2, 0.25) is 0 Å². The lowest BCUT2D eigenvalue weighted by atomic mass is 10.0. The highest BCUT2D eigenvalue weighted by molar-refractivity contribution is 5.20. The molecular formula is C15H23FN2. The number of benzene rings is 1. The van der Waals surface area contributed by atoms with Crippen molar-refractivity contribution in [2.24, 2.45) is 0 Å². The van der Waals surface area contributed by atoms with Crippen LogP contribution in [0.1, 0.15) is 38.3 Å². The van der Waals surface area contributed by atoms with E-state index in [0.717, 1.165) is 25.2 Å². The molecule has 2 nitrogen and oxygen atoms in total. The molecular weight excluding hydrogens is 227 g/mol. The Morgan fingerprint density at radius 3 is 2.94 bits per heavy atom. The third-order valence-corrected chi connectivity index (χ3v) is 3.83. The molecule has 18 heavy (non-hydrogen) atoms. The van der Waals surface area contributed by atoms with Crippen LogP contribution in [0.2, 0.25) is 0 Å². The van der Waals surface area contributed by atoms with Crippen LogP contribution < -0.4 is 5.32 Å². The molecule has 0 spiro atoms. The Morgan fingerprint density at radius 1 is 1.44 bits per heavy atom. The summed E-state index contributed by atoms with van der Waals surface area (Å²) in [5.74, 6) is -0.0874. The average Bonchev–Trinajstić information content (AvgIpc) is 2.39. The smallest absolute Gasteiger partial charge is 0.127 e. The van der Waals surface area contributed by atoms with Crippen LogP contribution in [0, 0.1) is 5.82 Å². The van der Waals surface area contributed by atoms with Crippen LogP contribution in [-0.2, 0) is 0 Å². The molecule has 0 aliphatic carbocycles. The zero-order valence-corrected chi connectivity index (χ0v) is 11.3. The standard InChI is InChI=1S/C15H23FN2/c1-3-6-13-11-18(10-9-17-13)12(2)14-7-4-5-8-15(14)16/h4-5,7-8,12-13,17H,3,6,9-11H2,1-2H3. The van der Waals surface area contributed by atoms with Crippen molar-refractivity contribution in [3.63, 3.8) is 0 Å². The lowest BCUT2D eigenvalue weighted by Crippen LogP contribution is -2.51. The van der Waals surface area contributed by atoms with Crippen molar-refractivity contribution in [1.82, 2.24) is 10.2 Å². The van der Waals surface area contributed by atoms with Gasteiger partial charge in [0.25, 0.3) is 0 Å². The highest BCUT2D eigenvalue weighted by Crippen LogP contribution is 2.24. The zero-order valence-electron chi connectivity index (χ0n) is 11.3. The molecule has 1 aliphatic rings. The van der Waals surface area contributed by atoms with Gasteiger partial charge in [-0.25, -0.2) is 4.39 Å². The molecule has 1 aromatic rings. The first-order valence-corrected chi connectivity index (χ1v) is 6.94. The minimum atomic E-state index is -0.0874. The number of hydrogen-bond donors (Lipinski definition) is 1. The summed E-state index contributed by atoms with van der Waals surface area (Å²) in [6.45, 7) is 7.33. The number of nitrogens with one attached hydrogen (secondary N) is 1. The maximum absolute atomic E-state index is 13.8. The normalized spacial score (nSPS) is 22.9. The van der Waals surface area contributed by atoms with Crippen LogP contribution in [0.3, 0.4) is 0 Å². The molecule has 0 saturated carbocycles. The van der Waals surface area contributed by atoms with Gasteiger partial charge in [0.15, 0.2) is 0 Å². The maximum atomic E-state index is 13.8. The first-order valence-electron chi connectivity index (χ1n) is 6.94. The van der Waals surface area contributed by atoms with Gasteiger partial charge in [-0.2, -0.15) is 0 Å². The van der Waals surface area contributed by atoms with E-state index in [4.69, 9.17) is 0 Å². The van der Waals surface area contributed by atoms with Gasteiger partial charge in [0.05, 0.1) is 0 Å². The molecule has 0 radical (unpaired) electrons. The highest BCUT2D eigenvalue weighted by Gasteiger charge is 2.24. The molecule has 0 aromatic heterocycles. The summed E-state index contributed by atoms with van der Waals surface area (Å²) in [6, 6.07) is 7.84. The Morgan fingerprint density at radius 2 is 2.22 bits per heavy atom. The predicted octanol–water partition coefficient (Wildman–Crippen LogP) is 2.96. The number of piperazine rings is 1. The fourth-order valence-electron chi connectivity index (χ4n) is 2.76. The van der Waals surface area contributed by atoms with E-state index in [0.29, 0.717) is 6.04 Å². The van der Waals surface area contributed by atoms with Gasteiger partial charge >= 0.3 is 0 Å². The fraction of sp³-hybridized carbons (Fsp3) is 0.600. The topological polar surface area (TPSA) is 15.3 Å². The van der Waals surface area contributed by atoms with Gasteiger partial charge in [-0.05, 0) is 19.4 Å². The number of halogens is 1. The summed E-state index contributed by atoms with van der Waals surface area (Å²) in [4.78, 5) is 2.38. The number of nitrogens with zero attached hydrogens (tertiary/aromatic N) is 1. The summed E-state index contributed by atoms with van der Waals surface area (Å²) < 4.78 is 13.8. The Hall–Kier alpha value is -0.930. The molecule has 2 rings (SSSR count). The van der Waals surface area contributed by atoms with E-state index in [1.165, 1.54) is 12.8 Å². The summed E-state index contributed by atoms with van der Waals surface area (Å²) in [7, 11) is 0. The van der Waals surface area contributed by atoms with E-state index in [1.807, 2.05) is 12.1 Å². The van der Waals surface area contributed by atoms with Crippen molar-refractivity contribution < 1.29 is 4.39 Å². The molecule has 2 atom stereocenters. The van der Waals surface area contributed by atoms with E-state index >= 15 is 0 Å². The molecule has 1 saturated heterocycles. The van der Waals surface area contributed by atoms with Crippen molar-refractivity contribution in [2.75, 3.05) is 19.6 Å². The molecule has 0 amide bonds. The zero-order chi connectivity index (χ0) is 13.0. The molecule has 3 heteroatoms. The maximum Gasteiger partial charge on any atom is 0.127 e. The fourth-order valence-corrected chi connectivity index (χ4v) is 2.76. The van der Waals surface area contributed by atoms with Crippen molar-refractivity contribution >= 4 is 0 Å². The average molecular weight is 250 g/mol. The van der Waals surface area contributed by atoms with E-state index in [9.17, 15) is 4.39 Å².